The summed E-state index contributed by atoms with van der Waals surface area (Å²) < 4.78 is 10.9. The van der Waals surface area contributed by atoms with E-state index in [0.717, 1.165) is 29.5 Å². The maximum atomic E-state index is 12.2. The van der Waals surface area contributed by atoms with E-state index in [2.05, 4.69) is 5.32 Å². The van der Waals surface area contributed by atoms with Crippen LogP contribution in [0.15, 0.2) is 59.0 Å². The van der Waals surface area contributed by atoms with Gasteiger partial charge in [0.15, 0.2) is 6.61 Å². The molecule has 0 bridgehead atoms. The number of nitrogens with zero attached hydrogens (tertiary/aromatic N) is 1. The maximum absolute atomic E-state index is 12.2. The average Bonchev–Trinajstić information content (AvgIpc) is 3.39. The van der Waals surface area contributed by atoms with E-state index in [9.17, 15) is 14.4 Å². The topological polar surface area (TPSA) is 88.9 Å². The number of nitrogens with one attached hydrogen (secondary N) is 1. The summed E-state index contributed by atoms with van der Waals surface area (Å²) in [6.45, 7) is 2.73. The van der Waals surface area contributed by atoms with Crippen molar-refractivity contribution in [2.75, 3.05) is 13.2 Å². The summed E-state index contributed by atoms with van der Waals surface area (Å²) in [6.07, 6.45) is 1.49. The number of amides is 2. The zero-order chi connectivity index (χ0) is 21.8. The molecule has 1 unspecified atom stereocenters. The lowest BCUT2D eigenvalue weighted by molar-refractivity contribution is -0.128. The lowest BCUT2D eigenvalue weighted by Gasteiger charge is -2.15. The average molecular weight is 420 g/mol. The summed E-state index contributed by atoms with van der Waals surface area (Å²) in [6, 6.07) is 16.0. The highest BCUT2D eigenvalue weighted by Gasteiger charge is 2.20. The van der Waals surface area contributed by atoms with E-state index in [1.54, 1.807) is 36.1 Å². The van der Waals surface area contributed by atoms with Crippen LogP contribution in [0.3, 0.4) is 0 Å². The monoisotopic (exact) mass is 420 g/mol. The Morgan fingerprint density at radius 1 is 1.16 bits per heavy atom. The van der Waals surface area contributed by atoms with Crippen molar-refractivity contribution in [3.63, 3.8) is 0 Å². The number of carbonyl (C=O) groups excluding carboxylic acids is 3. The van der Waals surface area contributed by atoms with Gasteiger partial charge in [0.1, 0.15) is 11.3 Å². The van der Waals surface area contributed by atoms with Gasteiger partial charge in [0.2, 0.25) is 5.91 Å². The normalized spacial score (nSPS) is 14.6. The van der Waals surface area contributed by atoms with Gasteiger partial charge in [-0.2, -0.15) is 0 Å². The minimum atomic E-state index is -0.574. The molecule has 0 aliphatic carbocycles. The molecule has 1 atom stereocenters. The van der Waals surface area contributed by atoms with Crippen molar-refractivity contribution in [3.05, 3.63) is 71.5 Å². The van der Waals surface area contributed by atoms with E-state index in [-0.39, 0.29) is 18.6 Å². The Balaban J connectivity index is 1.26. The molecule has 0 saturated carbocycles. The van der Waals surface area contributed by atoms with Gasteiger partial charge in [0, 0.05) is 24.9 Å². The molecule has 1 saturated heterocycles. The van der Waals surface area contributed by atoms with Crippen molar-refractivity contribution in [2.24, 2.45) is 0 Å². The Bertz CT molecular complexity index is 1070. The molecule has 160 valence electrons. The minimum Gasteiger partial charge on any atom is -0.459 e. The van der Waals surface area contributed by atoms with Gasteiger partial charge < -0.3 is 19.4 Å². The lowest BCUT2D eigenvalue weighted by atomic mass is 10.1. The molecule has 1 aliphatic rings. The van der Waals surface area contributed by atoms with Crippen molar-refractivity contribution in [1.82, 2.24) is 10.2 Å². The molecular formula is C24H24N2O5. The molecule has 0 spiro atoms. The van der Waals surface area contributed by atoms with E-state index >= 15 is 0 Å². The SMILES string of the molecule is CC(NC(=O)COC(=O)c1ccc(CN2CCCC2=O)cc1)c1cc2ccccc2o1. The number of fused-ring (bicyclic) bond motifs is 1. The Kier molecular flexibility index (Phi) is 6.02. The van der Waals surface area contributed by atoms with Crippen LogP contribution in [-0.2, 0) is 20.9 Å². The Hall–Kier alpha value is -3.61. The highest BCUT2D eigenvalue weighted by Crippen LogP contribution is 2.23. The summed E-state index contributed by atoms with van der Waals surface area (Å²) >= 11 is 0. The second-order valence-electron chi connectivity index (χ2n) is 7.67. The fourth-order valence-electron chi connectivity index (χ4n) is 3.62. The summed E-state index contributed by atoms with van der Waals surface area (Å²) in [5.41, 5.74) is 2.06. The van der Waals surface area contributed by atoms with Crippen LogP contribution in [0.25, 0.3) is 11.0 Å². The van der Waals surface area contributed by atoms with Gasteiger partial charge in [0.25, 0.3) is 5.91 Å². The van der Waals surface area contributed by atoms with Crippen molar-refractivity contribution < 1.29 is 23.5 Å². The smallest absolute Gasteiger partial charge is 0.338 e. The number of hydrogen-bond donors (Lipinski definition) is 1. The summed E-state index contributed by atoms with van der Waals surface area (Å²) in [4.78, 5) is 38.0. The first-order chi connectivity index (χ1) is 15.0. The van der Waals surface area contributed by atoms with E-state index in [4.69, 9.17) is 9.15 Å². The van der Waals surface area contributed by atoms with E-state index in [1.807, 2.05) is 30.3 Å². The number of furan rings is 1. The number of carbonyl (C=O) groups is 3. The van der Waals surface area contributed by atoms with Gasteiger partial charge >= 0.3 is 5.97 Å². The second kappa shape index (κ2) is 9.04. The van der Waals surface area contributed by atoms with Crippen molar-refractivity contribution in [3.8, 4) is 0 Å². The number of hydrogen-bond acceptors (Lipinski definition) is 5. The molecule has 2 amide bonds. The molecule has 7 heteroatoms. The predicted octanol–water partition coefficient (Wildman–Crippen LogP) is 3.59. The molecule has 31 heavy (non-hydrogen) atoms. The molecule has 1 fully saturated rings. The first kappa shape index (κ1) is 20.7. The van der Waals surface area contributed by atoms with Gasteiger partial charge in [0.05, 0.1) is 11.6 Å². The first-order valence-corrected chi connectivity index (χ1v) is 10.3. The third kappa shape index (κ3) is 4.94. The number of esters is 1. The van der Waals surface area contributed by atoms with Crippen LogP contribution in [0.5, 0.6) is 0 Å². The zero-order valence-electron chi connectivity index (χ0n) is 17.3. The third-order valence-electron chi connectivity index (χ3n) is 5.32. The zero-order valence-corrected chi connectivity index (χ0v) is 17.3. The predicted molar refractivity (Wildman–Crippen MR) is 114 cm³/mol. The standard InChI is InChI=1S/C24H24N2O5/c1-16(21-13-19-5-2-3-6-20(19)31-21)25-22(27)15-30-24(29)18-10-8-17(9-11-18)14-26-12-4-7-23(26)28/h2-3,5-6,8-11,13,16H,4,7,12,14-15H2,1H3,(H,25,27). The summed E-state index contributed by atoms with van der Waals surface area (Å²) in [5.74, 6) is -0.194. The van der Waals surface area contributed by atoms with E-state index < -0.39 is 11.9 Å². The minimum absolute atomic E-state index is 0.159. The molecule has 0 radical (unpaired) electrons. The van der Waals surface area contributed by atoms with Crippen LogP contribution in [0.4, 0.5) is 0 Å². The number of ether oxygens (including phenoxy) is 1. The van der Waals surface area contributed by atoms with E-state index in [0.29, 0.717) is 24.3 Å². The van der Waals surface area contributed by atoms with Gasteiger partial charge in [-0.25, -0.2) is 4.79 Å². The van der Waals surface area contributed by atoms with Crippen LogP contribution in [0.2, 0.25) is 0 Å². The maximum Gasteiger partial charge on any atom is 0.338 e. The first-order valence-electron chi connectivity index (χ1n) is 10.3. The Morgan fingerprint density at radius 3 is 2.65 bits per heavy atom. The third-order valence-corrected chi connectivity index (χ3v) is 5.32. The van der Waals surface area contributed by atoms with Crippen molar-refractivity contribution >= 4 is 28.8 Å². The molecule has 2 heterocycles. The largest absolute Gasteiger partial charge is 0.459 e. The molecule has 4 rings (SSSR count). The Morgan fingerprint density at radius 2 is 1.94 bits per heavy atom. The summed E-state index contributed by atoms with van der Waals surface area (Å²) in [7, 11) is 0. The van der Waals surface area contributed by atoms with Gasteiger partial charge in [-0.1, -0.05) is 30.3 Å². The van der Waals surface area contributed by atoms with Gasteiger partial charge in [-0.15, -0.1) is 0 Å². The molecule has 2 aromatic carbocycles. The van der Waals surface area contributed by atoms with Crippen LogP contribution >= 0.6 is 0 Å². The number of para-hydroxylation sites is 1. The molecule has 1 aliphatic heterocycles. The number of likely N-dealkylation sites (tertiary alicyclic amines) is 1. The fourth-order valence-corrected chi connectivity index (χ4v) is 3.62. The van der Waals surface area contributed by atoms with Crippen LogP contribution in [0.1, 0.15) is 47.5 Å². The van der Waals surface area contributed by atoms with Crippen molar-refractivity contribution in [2.45, 2.75) is 32.4 Å². The number of benzene rings is 2. The van der Waals surface area contributed by atoms with Crippen LogP contribution in [0, 0.1) is 0 Å². The molecule has 1 N–H and O–H groups in total. The second-order valence-corrected chi connectivity index (χ2v) is 7.67. The molecule has 3 aromatic rings. The molecule has 7 nitrogen and oxygen atoms in total. The fraction of sp³-hybridized carbons (Fsp3) is 0.292. The Labute approximate surface area is 180 Å². The lowest BCUT2D eigenvalue weighted by Crippen LogP contribution is -2.31. The molecular weight excluding hydrogens is 396 g/mol. The highest BCUT2D eigenvalue weighted by molar-refractivity contribution is 5.91. The summed E-state index contributed by atoms with van der Waals surface area (Å²) in [5, 5.41) is 3.73. The quantitative estimate of drug-likeness (QED) is 0.590. The number of rotatable bonds is 7. The molecule has 1 aromatic heterocycles. The van der Waals surface area contributed by atoms with Gasteiger partial charge in [-0.3, -0.25) is 9.59 Å². The van der Waals surface area contributed by atoms with Crippen LogP contribution < -0.4 is 5.32 Å². The van der Waals surface area contributed by atoms with Crippen LogP contribution in [-0.4, -0.2) is 35.8 Å². The highest BCUT2D eigenvalue weighted by atomic mass is 16.5. The van der Waals surface area contributed by atoms with Gasteiger partial charge in [-0.05, 0) is 43.2 Å². The van der Waals surface area contributed by atoms with E-state index in [1.165, 1.54) is 0 Å². The van der Waals surface area contributed by atoms with Crippen molar-refractivity contribution in [1.29, 1.82) is 0 Å².